The van der Waals surface area contributed by atoms with Crippen molar-refractivity contribution in [3.8, 4) is 12.3 Å². The summed E-state index contributed by atoms with van der Waals surface area (Å²) in [6, 6.07) is 11.7. The second kappa shape index (κ2) is 7.38. The Morgan fingerprint density at radius 1 is 1.22 bits per heavy atom. The predicted octanol–water partition coefficient (Wildman–Crippen LogP) is 4.06. The average molecular weight is 369 g/mol. The average Bonchev–Trinajstić information content (AvgIpc) is 2.99. The number of rotatable bonds is 4. The normalized spacial score (nSPS) is 11.6. The van der Waals surface area contributed by atoms with Crippen molar-refractivity contribution in [3.05, 3.63) is 71.4 Å². The summed E-state index contributed by atoms with van der Waals surface area (Å²) in [5.74, 6) is 1.83. The molecule has 0 bridgehead atoms. The predicted molar refractivity (Wildman–Crippen MR) is 97.3 cm³/mol. The zero-order valence-electron chi connectivity index (χ0n) is 14.0. The smallest absolute Gasteiger partial charge is 0.335 e. The molecule has 0 aliphatic carbocycles. The molecule has 27 heavy (non-hydrogen) atoms. The molecular weight excluding hydrogens is 355 g/mol. The number of fused-ring (bicyclic) bond motifs is 1. The van der Waals surface area contributed by atoms with Crippen molar-refractivity contribution in [1.82, 2.24) is 9.99 Å². The van der Waals surface area contributed by atoms with Gasteiger partial charge in [-0.2, -0.15) is 18.3 Å². The van der Waals surface area contributed by atoms with E-state index in [2.05, 4.69) is 16.4 Å². The topological polar surface area (TPSA) is 46.4 Å². The first-order chi connectivity index (χ1) is 12.9. The zero-order chi connectivity index (χ0) is 19.4. The summed E-state index contributed by atoms with van der Waals surface area (Å²) in [7, 11) is 0. The molecule has 7 heteroatoms. The molecule has 3 aromatic rings. The van der Waals surface area contributed by atoms with E-state index in [0.29, 0.717) is 6.54 Å². The third-order valence-corrected chi connectivity index (χ3v) is 3.90. The van der Waals surface area contributed by atoms with Crippen molar-refractivity contribution in [1.29, 1.82) is 0 Å². The van der Waals surface area contributed by atoms with E-state index in [-0.39, 0.29) is 5.56 Å². The number of hydrazone groups is 1. The van der Waals surface area contributed by atoms with Gasteiger partial charge in [0.1, 0.15) is 0 Å². The maximum Gasteiger partial charge on any atom is 0.416 e. The lowest BCUT2D eigenvalue weighted by Gasteiger charge is -2.07. The fraction of sp³-hybridized carbons (Fsp3) is 0.100. The van der Waals surface area contributed by atoms with E-state index in [1.54, 1.807) is 6.20 Å². The van der Waals surface area contributed by atoms with Gasteiger partial charge in [-0.1, -0.05) is 30.2 Å². The van der Waals surface area contributed by atoms with Crippen molar-refractivity contribution < 1.29 is 18.0 Å². The van der Waals surface area contributed by atoms with Crippen LogP contribution in [0.1, 0.15) is 21.5 Å². The van der Waals surface area contributed by atoms with Crippen LogP contribution in [0.2, 0.25) is 0 Å². The number of aromatic nitrogens is 1. The molecule has 0 radical (unpaired) electrons. The van der Waals surface area contributed by atoms with Crippen LogP contribution in [0, 0.1) is 12.3 Å². The Kier molecular flexibility index (Phi) is 4.99. The highest BCUT2D eigenvalue weighted by atomic mass is 19.4. The van der Waals surface area contributed by atoms with Gasteiger partial charge in [-0.15, -0.1) is 6.42 Å². The quantitative estimate of drug-likeness (QED) is 0.421. The van der Waals surface area contributed by atoms with Gasteiger partial charge in [-0.25, -0.2) is 5.43 Å². The SMILES string of the molecule is C#CCn1cc(/C=N\NC(=O)c2cccc(C(F)(F)F)c2)c2ccccc21. The van der Waals surface area contributed by atoms with Gasteiger partial charge in [0.15, 0.2) is 0 Å². The van der Waals surface area contributed by atoms with Gasteiger partial charge in [0.05, 0.1) is 18.3 Å². The van der Waals surface area contributed by atoms with E-state index in [0.717, 1.165) is 28.6 Å². The van der Waals surface area contributed by atoms with Crippen LogP contribution in [0.15, 0.2) is 59.8 Å². The number of para-hydroxylation sites is 1. The highest BCUT2D eigenvalue weighted by Gasteiger charge is 2.30. The number of terminal acetylenes is 1. The molecule has 0 saturated carbocycles. The standard InChI is InChI=1S/C20H14F3N3O/c1-2-10-26-13-15(17-8-3-4-9-18(17)26)12-24-25-19(27)14-6-5-7-16(11-14)20(21,22)23/h1,3-9,11-13H,10H2,(H,25,27)/b24-12-. The summed E-state index contributed by atoms with van der Waals surface area (Å²) < 4.78 is 40.1. The molecule has 2 aromatic carbocycles. The minimum atomic E-state index is -4.52. The third-order valence-electron chi connectivity index (χ3n) is 3.90. The zero-order valence-corrected chi connectivity index (χ0v) is 14.0. The fourth-order valence-corrected chi connectivity index (χ4v) is 2.67. The van der Waals surface area contributed by atoms with E-state index in [9.17, 15) is 18.0 Å². The number of alkyl halides is 3. The summed E-state index contributed by atoms with van der Waals surface area (Å²) in [6.45, 7) is 0.380. The Morgan fingerprint density at radius 2 is 2.00 bits per heavy atom. The Morgan fingerprint density at radius 3 is 2.74 bits per heavy atom. The summed E-state index contributed by atoms with van der Waals surface area (Å²) in [5.41, 5.74) is 2.87. The van der Waals surface area contributed by atoms with E-state index in [1.807, 2.05) is 28.8 Å². The molecular formula is C20H14F3N3O. The minimum absolute atomic E-state index is 0.128. The van der Waals surface area contributed by atoms with Crippen LogP contribution >= 0.6 is 0 Å². The molecule has 1 N–H and O–H groups in total. The number of hydrogen-bond donors (Lipinski definition) is 1. The van der Waals surface area contributed by atoms with Crippen molar-refractivity contribution in [2.45, 2.75) is 12.7 Å². The van der Waals surface area contributed by atoms with Crippen molar-refractivity contribution in [2.75, 3.05) is 0 Å². The Labute approximate surface area is 153 Å². The first kappa shape index (κ1) is 18.3. The van der Waals surface area contributed by atoms with E-state index < -0.39 is 17.6 Å². The van der Waals surface area contributed by atoms with Crippen LogP contribution < -0.4 is 5.43 Å². The van der Waals surface area contributed by atoms with Crippen LogP contribution in [0.25, 0.3) is 10.9 Å². The van der Waals surface area contributed by atoms with Gasteiger partial charge < -0.3 is 4.57 Å². The third kappa shape index (κ3) is 4.01. The van der Waals surface area contributed by atoms with Crippen molar-refractivity contribution in [3.63, 3.8) is 0 Å². The van der Waals surface area contributed by atoms with Gasteiger partial charge in [0.25, 0.3) is 5.91 Å². The number of halogens is 3. The number of nitrogens with zero attached hydrogens (tertiary/aromatic N) is 2. The van der Waals surface area contributed by atoms with Crippen LogP contribution in [0.4, 0.5) is 13.2 Å². The van der Waals surface area contributed by atoms with Crippen molar-refractivity contribution >= 4 is 23.0 Å². The molecule has 0 unspecified atom stereocenters. The maximum absolute atomic E-state index is 12.7. The lowest BCUT2D eigenvalue weighted by molar-refractivity contribution is -0.137. The summed E-state index contributed by atoms with van der Waals surface area (Å²) in [4.78, 5) is 12.1. The van der Waals surface area contributed by atoms with Crippen LogP contribution in [0.5, 0.6) is 0 Å². The highest BCUT2D eigenvalue weighted by Crippen LogP contribution is 2.29. The molecule has 1 heterocycles. The summed E-state index contributed by atoms with van der Waals surface area (Å²) in [5, 5.41) is 4.76. The number of carbonyl (C=O) groups excluding carboxylic acids is 1. The van der Waals surface area contributed by atoms with E-state index >= 15 is 0 Å². The Bertz CT molecular complexity index is 1060. The lowest BCUT2D eigenvalue weighted by atomic mass is 10.1. The van der Waals surface area contributed by atoms with E-state index in [4.69, 9.17) is 6.42 Å². The number of amides is 1. The van der Waals surface area contributed by atoms with Gasteiger partial charge in [-0.3, -0.25) is 4.79 Å². The number of hydrogen-bond acceptors (Lipinski definition) is 2. The summed E-state index contributed by atoms with van der Waals surface area (Å²) >= 11 is 0. The summed E-state index contributed by atoms with van der Waals surface area (Å²) in [6.07, 6.45) is 4.08. The number of benzene rings is 2. The molecule has 136 valence electrons. The fourth-order valence-electron chi connectivity index (χ4n) is 2.67. The van der Waals surface area contributed by atoms with Crippen molar-refractivity contribution in [2.24, 2.45) is 5.10 Å². The molecule has 4 nitrogen and oxygen atoms in total. The molecule has 0 fully saturated rings. The second-order valence-electron chi connectivity index (χ2n) is 5.71. The van der Waals surface area contributed by atoms with Gasteiger partial charge in [-0.05, 0) is 24.3 Å². The Hall–Kier alpha value is -3.53. The molecule has 0 saturated heterocycles. The minimum Gasteiger partial charge on any atom is -0.335 e. The maximum atomic E-state index is 12.7. The first-order valence-electron chi connectivity index (χ1n) is 7.92. The van der Waals surface area contributed by atoms with Crippen LogP contribution in [0.3, 0.4) is 0 Å². The molecule has 0 spiro atoms. The molecule has 0 atom stereocenters. The Balaban J connectivity index is 1.79. The molecule has 0 aliphatic heterocycles. The largest absolute Gasteiger partial charge is 0.416 e. The van der Waals surface area contributed by atoms with Gasteiger partial charge in [0, 0.05) is 28.2 Å². The second-order valence-corrected chi connectivity index (χ2v) is 5.71. The molecule has 3 rings (SSSR count). The van der Waals surface area contributed by atoms with E-state index in [1.165, 1.54) is 18.3 Å². The van der Waals surface area contributed by atoms with Gasteiger partial charge in [0.2, 0.25) is 0 Å². The van der Waals surface area contributed by atoms with Crippen LogP contribution in [-0.2, 0) is 12.7 Å². The molecule has 1 aromatic heterocycles. The molecule has 1 amide bonds. The molecule has 0 aliphatic rings. The van der Waals surface area contributed by atoms with Gasteiger partial charge >= 0.3 is 6.18 Å². The number of carbonyl (C=O) groups is 1. The number of nitrogens with one attached hydrogen (secondary N) is 1. The highest BCUT2D eigenvalue weighted by molar-refractivity contribution is 6.00. The van der Waals surface area contributed by atoms with Crippen LogP contribution in [-0.4, -0.2) is 16.7 Å². The first-order valence-corrected chi connectivity index (χ1v) is 7.92. The lowest BCUT2D eigenvalue weighted by Crippen LogP contribution is -2.18. The monoisotopic (exact) mass is 369 g/mol.